The van der Waals surface area contributed by atoms with Gasteiger partial charge in [0.05, 0.1) is 0 Å². The van der Waals surface area contributed by atoms with Crippen molar-refractivity contribution in [3.05, 3.63) is 54.1 Å². The van der Waals surface area contributed by atoms with Crippen LogP contribution in [0, 0.1) is 6.92 Å². The smallest absolute Gasteiger partial charge is 0.241 e. The summed E-state index contributed by atoms with van der Waals surface area (Å²) < 4.78 is 1.62. The van der Waals surface area contributed by atoms with Gasteiger partial charge in [0.2, 0.25) is 11.9 Å². The van der Waals surface area contributed by atoms with Gasteiger partial charge in [0.1, 0.15) is 0 Å². The highest BCUT2D eigenvalue weighted by Gasteiger charge is 2.05. The van der Waals surface area contributed by atoms with Crippen molar-refractivity contribution >= 4 is 17.6 Å². The van der Waals surface area contributed by atoms with Gasteiger partial charge in [-0.25, -0.2) is 4.68 Å². The van der Waals surface area contributed by atoms with E-state index in [0.717, 1.165) is 11.3 Å². The number of nitrogens with zero attached hydrogens (tertiary/aromatic N) is 3. The van der Waals surface area contributed by atoms with Crippen molar-refractivity contribution in [1.29, 1.82) is 0 Å². The van der Waals surface area contributed by atoms with E-state index in [1.807, 2.05) is 12.1 Å². The monoisotopic (exact) mass is 279 g/mol. The Morgan fingerprint density at radius 3 is 2.43 bits per heavy atom. The van der Waals surface area contributed by atoms with Crippen LogP contribution in [0.3, 0.4) is 0 Å². The number of aromatic nitrogens is 3. The first-order valence-corrected chi connectivity index (χ1v) is 6.72. The molecule has 0 saturated heterocycles. The fourth-order valence-corrected chi connectivity index (χ4v) is 2.24. The molecule has 0 fully saturated rings. The van der Waals surface area contributed by atoms with E-state index in [1.54, 1.807) is 11.7 Å². The maximum atomic E-state index is 5.59. The van der Waals surface area contributed by atoms with Gasteiger partial charge in [-0.1, -0.05) is 42.0 Å². The number of anilines is 3. The lowest BCUT2D eigenvalue weighted by Crippen LogP contribution is -2.00. The second-order valence-electron chi connectivity index (χ2n) is 4.99. The molecule has 3 aromatic rings. The molecule has 5 nitrogen and oxygen atoms in total. The highest BCUT2D eigenvalue weighted by Crippen LogP contribution is 2.24. The van der Waals surface area contributed by atoms with Gasteiger partial charge in [-0.3, -0.25) is 0 Å². The van der Waals surface area contributed by atoms with E-state index in [0.29, 0.717) is 5.95 Å². The van der Waals surface area contributed by atoms with Crippen LogP contribution in [0.4, 0.5) is 17.6 Å². The zero-order chi connectivity index (χ0) is 14.8. The Balaban J connectivity index is 1.91. The molecule has 2 aromatic carbocycles. The Bertz CT molecular complexity index is 776. The minimum Gasteiger partial charge on any atom is -0.366 e. The second kappa shape index (κ2) is 5.28. The molecule has 0 atom stereocenters. The van der Waals surface area contributed by atoms with Crippen molar-refractivity contribution in [2.75, 3.05) is 11.1 Å². The van der Waals surface area contributed by atoms with Crippen LogP contribution in [-0.2, 0) is 7.05 Å². The Morgan fingerprint density at radius 1 is 1.05 bits per heavy atom. The van der Waals surface area contributed by atoms with E-state index in [-0.39, 0.29) is 5.95 Å². The van der Waals surface area contributed by atoms with Crippen molar-refractivity contribution in [1.82, 2.24) is 14.8 Å². The van der Waals surface area contributed by atoms with Crippen LogP contribution in [0.25, 0.3) is 11.1 Å². The van der Waals surface area contributed by atoms with Crippen LogP contribution in [-0.4, -0.2) is 14.8 Å². The molecule has 0 unspecified atom stereocenters. The normalized spacial score (nSPS) is 10.6. The lowest BCUT2D eigenvalue weighted by Gasteiger charge is -2.08. The van der Waals surface area contributed by atoms with Crippen molar-refractivity contribution in [2.24, 2.45) is 7.05 Å². The molecule has 3 rings (SSSR count). The third kappa shape index (κ3) is 2.86. The summed E-state index contributed by atoms with van der Waals surface area (Å²) in [4.78, 5) is 4.14. The SMILES string of the molecule is Cc1cccc(-c2cccc(Nc3nc(N)nn3C)c2)c1. The van der Waals surface area contributed by atoms with E-state index in [1.165, 1.54) is 11.1 Å². The summed E-state index contributed by atoms with van der Waals surface area (Å²) in [5, 5.41) is 7.25. The van der Waals surface area contributed by atoms with Crippen molar-refractivity contribution < 1.29 is 0 Å². The number of hydrogen-bond acceptors (Lipinski definition) is 4. The quantitative estimate of drug-likeness (QED) is 0.773. The average molecular weight is 279 g/mol. The number of hydrogen-bond donors (Lipinski definition) is 2. The summed E-state index contributed by atoms with van der Waals surface area (Å²) in [7, 11) is 1.80. The Kier molecular flexibility index (Phi) is 3.31. The minimum absolute atomic E-state index is 0.259. The zero-order valence-corrected chi connectivity index (χ0v) is 12.0. The largest absolute Gasteiger partial charge is 0.366 e. The van der Waals surface area contributed by atoms with Gasteiger partial charge in [-0.15, -0.1) is 5.10 Å². The van der Waals surface area contributed by atoms with Crippen molar-refractivity contribution in [2.45, 2.75) is 6.92 Å². The maximum absolute atomic E-state index is 5.59. The van der Waals surface area contributed by atoms with Gasteiger partial charge in [0.25, 0.3) is 0 Å². The number of rotatable bonds is 3. The van der Waals surface area contributed by atoms with Crippen LogP contribution in [0.15, 0.2) is 48.5 Å². The summed E-state index contributed by atoms with van der Waals surface area (Å²) >= 11 is 0. The molecule has 0 saturated carbocycles. The number of nitrogen functional groups attached to an aromatic ring is 1. The standard InChI is InChI=1S/C16H17N5/c1-11-5-3-6-12(9-11)13-7-4-8-14(10-13)18-16-19-15(17)20-21(16)2/h3-10H,1-2H3,(H3,17,18,19,20). The van der Waals surface area contributed by atoms with Crippen molar-refractivity contribution in [3.8, 4) is 11.1 Å². The molecular formula is C16H17N5. The van der Waals surface area contributed by atoms with Gasteiger partial charge in [-0.2, -0.15) is 4.98 Å². The number of nitrogens with one attached hydrogen (secondary N) is 1. The van der Waals surface area contributed by atoms with E-state index < -0.39 is 0 Å². The van der Waals surface area contributed by atoms with Gasteiger partial charge in [0, 0.05) is 12.7 Å². The van der Waals surface area contributed by atoms with Gasteiger partial charge in [0.15, 0.2) is 0 Å². The first-order valence-electron chi connectivity index (χ1n) is 6.72. The number of nitrogens with two attached hydrogens (primary N) is 1. The third-order valence-electron chi connectivity index (χ3n) is 3.25. The van der Waals surface area contributed by atoms with Gasteiger partial charge in [-0.05, 0) is 30.2 Å². The Hall–Kier alpha value is -2.82. The average Bonchev–Trinajstić information content (AvgIpc) is 2.77. The van der Waals surface area contributed by atoms with Gasteiger partial charge >= 0.3 is 0 Å². The highest BCUT2D eigenvalue weighted by molar-refractivity contribution is 5.70. The van der Waals surface area contributed by atoms with E-state index in [9.17, 15) is 0 Å². The first kappa shape index (κ1) is 13.2. The lowest BCUT2D eigenvalue weighted by molar-refractivity contribution is 0.779. The minimum atomic E-state index is 0.259. The van der Waals surface area contributed by atoms with E-state index in [4.69, 9.17) is 5.73 Å². The Morgan fingerprint density at radius 2 is 1.76 bits per heavy atom. The molecule has 21 heavy (non-hydrogen) atoms. The number of aryl methyl sites for hydroxylation is 2. The molecule has 0 spiro atoms. The highest BCUT2D eigenvalue weighted by atomic mass is 15.4. The summed E-state index contributed by atoms with van der Waals surface area (Å²) in [5.41, 5.74) is 10.1. The predicted octanol–water partition coefficient (Wildman–Crippen LogP) is 3.12. The molecule has 0 aliphatic heterocycles. The summed E-state index contributed by atoms with van der Waals surface area (Å²) in [6.07, 6.45) is 0. The molecule has 106 valence electrons. The molecule has 0 amide bonds. The third-order valence-corrected chi connectivity index (χ3v) is 3.25. The summed E-state index contributed by atoms with van der Waals surface area (Å²) in [5.74, 6) is 0.878. The molecule has 5 heteroatoms. The number of benzene rings is 2. The predicted molar refractivity (Wildman–Crippen MR) is 85.3 cm³/mol. The molecule has 1 heterocycles. The Labute approximate surface area is 123 Å². The topological polar surface area (TPSA) is 68.8 Å². The molecular weight excluding hydrogens is 262 g/mol. The maximum Gasteiger partial charge on any atom is 0.241 e. The molecule has 1 aromatic heterocycles. The van der Waals surface area contributed by atoms with Crippen LogP contribution >= 0.6 is 0 Å². The summed E-state index contributed by atoms with van der Waals surface area (Å²) in [6.45, 7) is 2.09. The lowest BCUT2D eigenvalue weighted by atomic mass is 10.0. The van der Waals surface area contributed by atoms with E-state index in [2.05, 4.69) is 58.7 Å². The van der Waals surface area contributed by atoms with Crippen LogP contribution in [0.5, 0.6) is 0 Å². The molecule has 0 bridgehead atoms. The zero-order valence-electron chi connectivity index (χ0n) is 12.0. The fourth-order valence-electron chi connectivity index (χ4n) is 2.24. The first-order chi connectivity index (χ1) is 10.1. The van der Waals surface area contributed by atoms with Crippen LogP contribution in [0.2, 0.25) is 0 Å². The summed E-state index contributed by atoms with van der Waals surface area (Å²) in [6, 6.07) is 16.6. The molecule has 0 aliphatic carbocycles. The molecule has 0 radical (unpaired) electrons. The van der Waals surface area contributed by atoms with Crippen LogP contribution < -0.4 is 11.1 Å². The fraction of sp³-hybridized carbons (Fsp3) is 0.125. The van der Waals surface area contributed by atoms with Crippen LogP contribution in [0.1, 0.15) is 5.56 Å². The van der Waals surface area contributed by atoms with E-state index >= 15 is 0 Å². The molecule has 0 aliphatic rings. The molecule has 3 N–H and O–H groups in total. The second-order valence-corrected chi connectivity index (χ2v) is 4.99. The van der Waals surface area contributed by atoms with Gasteiger partial charge < -0.3 is 11.1 Å². The van der Waals surface area contributed by atoms with Crippen molar-refractivity contribution in [3.63, 3.8) is 0 Å².